The van der Waals surface area contributed by atoms with Gasteiger partial charge in [0, 0.05) is 60.0 Å². The van der Waals surface area contributed by atoms with Gasteiger partial charge in [0.1, 0.15) is 12.0 Å². The smallest absolute Gasteiger partial charge is 0.331 e. The zero-order chi connectivity index (χ0) is 38.7. The van der Waals surface area contributed by atoms with E-state index in [0.29, 0.717) is 70.2 Å². The van der Waals surface area contributed by atoms with Gasteiger partial charge < -0.3 is 43.7 Å². The molecule has 1 unspecified atom stereocenters. The summed E-state index contributed by atoms with van der Waals surface area (Å²) in [6.07, 6.45) is 0.297. The first-order chi connectivity index (χ1) is 26.4. The van der Waals surface area contributed by atoms with Gasteiger partial charge in [-0.1, -0.05) is 6.07 Å². The van der Waals surface area contributed by atoms with Crippen molar-refractivity contribution in [3.8, 4) is 40.2 Å². The van der Waals surface area contributed by atoms with Crippen LogP contribution in [0.2, 0.25) is 0 Å². The minimum atomic E-state index is -1.37. The van der Waals surface area contributed by atoms with E-state index >= 15 is 0 Å². The van der Waals surface area contributed by atoms with Crippen LogP contribution >= 0.6 is 11.8 Å². The molecule has 292 valence electrons. The number of aliphatic hydroxyl groups excluding tert-OH is 1. The predicted molar refractivity (Wildman–Crippen MR) is 199 cm³/mol. The maximum Gasteiger partial charge on any atom is 0.331 e. The number of carbonyl (C=O) groups is 2. The second-order valence-electron chi connectivity index (χ2n) is 15.3. The Balaban J connectivity index is 1.33. The molecular formula is C40H45N3O11S. The number of likely N-dealkylation sites (N-methyl/N-ethyl adjacent to an activating group) is 1. The Hall–Kier alpha value is -4.41. The minimum absolute atomic E-state index is 0.0192. The van der Waals surface area contributed by atoms with Crippen LogP contribution in [-0.2, 0) is 32.7 Å². The molecule has 0 aromatic heterocycles. The molecule has 1 spiro atoms. The average Bonchev–Trinajstić information content (AvgIpc) is 3.63. The van der Waals surface area contributed by atoms with E-state index in [2.05, 4.69) is 15.1 Å². The predicted octanol–water partition coefficient (Wildman–Crippen LogP) is 3.80. The van der Waals surface area contributed by atoms with Crippen molar-refractivity contribution in [2.24, 2.45) is 0 Å². The van der Waals surface area contributed by atoms with Gasteiger partial charge >= 0.3 is 11.9 Å². The molecular weight excluding hydrogens is 731 g/mol. The lowest BCUT2D eigenvalue weighted by Crippen LogP contribution is -2.69. The Kier molecular flexibility index (Phi) is 8.62. The Morgan fingerprint density at radius 3 is 2.55 bits per heavy atom. The van der Waals surface area contributed by atoms with E-state index in [1.807, 2.05) is 27.0 Å². The number of thioether (sulfide) groups is 1. The maximum absolute atomic E-state index is 14.6. The standard InChI is InChI=1S/C40H45N3O11S/c1-17-11-21-12-24-38(47)43-23-8-10-51-39(48)40(22-14-26(49-5)25(45)13-20(22)7-9-41-40)15-55-37(31(43)30(42(24)4)27(21)32(46)33(17)50-6)29-28(23)36-35(52-16-53-36)18(2)34(29)54-19(3)44/h11,13-14,23-24,30-31,37-38,41,45-47H,7-10,12,15-16H2,1-6H3/t23-,24-,30+,31?,37+,38-,40+/m0/s1. The number of rotatable bonds is 3. The summed E-state index contributed by atoms with van der Waals surface area (Å²) in [5, 5.41) is 38.4. The molecule has 1 saturated heterocycles. The first kappa shape index (κ1) is 36.2. The number of piperazine rings is 1. The van der Waals surface area contributed by atoms with E-state index in [1.54, 1.807) is 19.2 Å². The van der Waals surface area contributed by atoms with Crippen LogP contribution in [0.3, 0.4) is 0 Å². The van der Waals surface area contributed by atoms with Crippen molar-refractivity contribution in [2.75, 3.05) is 47.0 Å². The maximum atomic E-state index is 14.6. The lowest BCUT2D eigenvalue weighted by Gasteiger charge is -2.62. The number of nitrogens with zero attached hydrogens (tertiary/aromatic N) is 2. The second kappa shape index (κ2) is 13.1. The number of phenolic OH excluding ortho intramolecular Hbond substituents is 2. The van der Waals surface area contributed by atoms with E-state index < -0.39 is 47.1 Å². The molecule has 0 radical (unpaired) electrons. The lowest BCUT2D eigenvalue weighted by molar-refractivity contribution is -0.176. The number of ether oxygens (including phenoxy) is 6. The zero-order valence-electron chi connectivity index (χ0n) is 31.6. The van der Waals surface area contributed by atoms with Gasteiger partial charge in [0.25, 0.3) is 0 Å². The molecule has 15 heteroatoms. The van der Waals surface area contributed by atoms with Gasteiger partial charge in [-0.3, -0.25) is 19.9 Å². The summed E-state index contributed by atoms with van der Waals surface area (Å²) in [5.41, 5.74) is 4.51. The van der Waals surface area contributed by atoms with Crippen molar-refractivity contribution in [1.82, 2.24) is 15.1 Å². The van der Waals surface area contributed by atoms with Gasteiger partial charge in [0.05, 0.1) is 38.2 Å². The van der Waals surface area contributed by atoms with Crippen LogP contribution in [0.5, 0.6) is 40.2 Å². The van der Waals surface area contributed by atoms with Crippen LogP contribution < -0.4 is 29.0 Å². The quantitative estimate of drug-likeness (QED) is 0.224. The number of cyclic esters (lactones) is 1. The zero-order valence-corrected chi connectivity index (χ0v) is 32.4. The average molecular weight is 776 g/mol. The lowest BCUT2D eigenvalue weighted by atomic mass is 9.72. The number of aliphatic hydroxyl groups is 1. The highest BCUT2D eigenvalue weighted by molar-refractivity contribution is 7.99. The third-order valence-electron chi connectivity index (χ3n) is 12.5. The number of phenols is 2. The largest absolute Gasteiger partial charge is 0.504 e. The molecule has 9 rings (SSSR count). The fourth-order valence-corrected chi connectivity index (χ4v) is 11.9. The van der Waals surface area contributed by atoms with E-state index in [1.165, 1.54) is 25.8 Å². The number of nitrogens with one attached hydrogen (secondary N) is 1. The first-order valence-electron chi connectivity index (χ1n) is 18.6. The van der Waals surface area contributed by atoms with E-state index in [0.717, 1.165) is 16.7 Å². The number of methoxy groups -OCH3 is 2. The molecule has 3 aromatic carbocycles. The molecule has 6 aliphatic heterocycles. The summed E-state index contributed by atoms with van der Waals surface area (Å²) >= 11 is 1.48. The van der Waals surface area contributed by atoms with Crippen molar-refractivity contribution >= 4 is 23.7 Å². The normalized spacial score (nSPS) is 29.3. The third kappa shape index (κ3) is 5.09. The van der Waals surface area contributed by atoms with Gasteiger partial charge in [0.2, 0.25) is 6.79 Å². The molecule has 55 heavy (non-hydrogen) atoms. The van der Waals surface area contributed by atoms with Crippen molar-refractivity contribution in [2.45, 2.75) is 81.2 Å². The van der Waals surface area contributed by atoms with Crippen LogP contribution in [0.15, 0.2) is 18.2 Å². The highest BCUT2D eigenvalue weighted by Gasteiger charge is 2.61. The summed E-state index contributed by atoms with van der Waals surface area (Å²) in [5.74, 6) is 1.12. The molecule has 6 aliphatic rings. The SMILES string of the molecule is COc1cc2c(cc1O)CCN[C@]21CS[C@@H]2c3c(OC(C)=O)c(C)c4c(c3[C@H](CCOC1=O)N1C2[C@H]2c3c(cc(C)c(OC)c3O)C[C@@H]([C@@H]1O)N2C)OCO4. The van der Waals surface area contributed by atoms with E-state index in [-0.39, 0.29) is 48.9 Å². The van der Waals surface area contributed by atoms with Gasteiger partial charge in [-0.05, 0) is 68.1 Å². The van der Waals surface area contributed by atoms with Gasteiger partial charge in [-0.25, -0.2) is 4.79 Å². The monoisotopic (exact) mass is 775 g/mol. The number of aryl methyl sites for hydroxylation is 1. The fourth-order valence-electron chi connectivity index (χ4n) is 10.2. The van der Waals surface area contributed by atoms with Crippen LogP contribution in [0.4, 0.5) is 0 Å². The molecule has 3 aromatic rings. The van der Waals surface area contributed by atoms with E-state index in [9.17, 15) is 24.9 Å². The van der Waals surface area contributed by atoms with Gasteiger partial charge in [-0.2, -0.15) is 0 Å². The summed E-state index contributed by atoms with van der Waals surface area (Å²) in [7, 11) is 4.98. The Morgan fingerprint density at radius 2 is 1.80 bits per heavy atom. The van der Waals surface area contributed by atoms with Crippen LogP contribution in [-0.4, -0.2) is 102 Å². The number of fused-ring (bicyclic) bond motifs is 11. The fraction of sp³-hybridized carbons (Fsp3) is 0.500. The highest BCUT2D eigenvalue weighted by atomic mass is 32.2. The Labute approximate surface area is 322 Å². The van der Waals surface area contributed by atoms with Crippen molar-refractivity contribution in [3.05, 3.63) is 62.7 Å². The summed E-state index contributed by atoms with van der Waals surface area (Å²) in [6.45, 7) is 5.48. The molecule has 0 aliphatic carbocycles. The first-order valence-corrected chi connectivity index (χ1v) is 19.6. The number of carbonyl (C=O) groups excluding carboxylic acids is 2. The number of benzene rings is 3. The molecule has 0 amide bonds. The van der Waals surface area contributed by atoms with Crippen molar-refractivity contribution in [3.63, 3.8) is 0 Å². The van der Waals surface area contributed by atoms with Crippen LogP contribution in [0.25, 0.3) is 0 Å². The highest BCUT2D eigenvalue weighted by Crippen LogP contribution is 2.64. The molecule has 4 bridgehead atoms. The molecule has 14 nitrogen and oxygen atoms in total. The number of aromatic hydroxyl groups is 2. The van der Waals surface area contributed by atoms with Crippen LogP contribution in [0.1, 0.15) is 75.2 Å². The summed E-state index contributed by atoms with van der Waals surface area (Å²) in [6, 6.07) is 3.42. The molecule has 7 atom stereocenters. The summed E-state index contributed by atoms with van der Waals surface area (Å²) < 4.78 is 35.9. The molecule has 0 saturated carbocycles. The Morgan fingerprint density at radius 1 is 1.02 bits per heavy atom. The number of hydrogen-bond acceptors (Lipinski definition) is 15. The molecule has 1 fully saturated rings. The topological polar surface area (TPSA) is 169 Å². The second-order valence-corrected chi connectivity index (χ2v) is 16.4. The third-order valence-corrected chi connectivity index (χ3v) is 14.0. The molecule has 6 heterocycles. The molecule has 4 N–H and O–H groups in total. The number of esters is 2. The summed E-state index contributed by atoms with van der Waals surface area (Å²) in [4.78, 5) is 31.8. The van der Waals surface area contributed by atoms with Crippen molar-refractivity contribution < 1.29 is 53.3 Å². The number of hydrogen-bond donors (Lipinski definition) is 4. The van der Waals surface area contributed by atoms with Gasteiger partial charge in [-0.15, -0.1) is 11.8 Å². The minimum Gasteiger partial charge on any atom is -0.504 e. The van der Waals surface area contributed by atoms with Crippen molar-refractivity contribution in [1.29, 1.82) is 0 Å². The Bertz CT molecular complexity index is 2150. The van der Waals surface area contributed by atoms with Crippen LogP contribution in [0, 0.1) is 13.8 Å². The van der Waals surface area contributed by atoms with E-state index in [4.69, 9.17) is 28.4 Å². The van der Waals surface area contributed by atoms with Gasteiger partial charge in [0.15, 0.2) is 40.0 Å².